The van der Waals surface area contributed by atoms with Gasteiger partial charge in [-0.25, -0.2) is 14.8 Å². The smallest absolute Gasteiger partial charge is 0.217 e. The molecule has 1 N–H and O–H groups in total. The highest BCUT2D eigenvalue weighted by atomic mass is 16.1. The maximum absolute atomic E-state index is 12.4. The topological polar surface area (TPSA) is 102 Å². The van der Waals surface area contributed by atoms with Gasteiger partial charge in [-0.05, 0) is 46.0 Å². The Morgan fingerprint density at radius 2 is 1.85 bits per heavy atom. The Morgan fingerprint density at radius 1 is 1.06 bits per heavy atom. The third-order valence-corrected chi connectivity index (χ3v) is 5.33. The van der Waals surface area contributed by atoms with Crippen molar-refractivity contribution >= 4 is 11.9 Å². The van der Waals surface area contributed by atoms with E-state index in [1.807, 2.05) is 36.4 Å². The Hall–Kier alpha value is -3.94. The zero-order valence-electron chi connectivity index (χ0n) is 18.9. The number of carbonyl (C=O) groups is 1. The Labute approximate surface area is 192 Å². The molecular formula is C25H27N7O. The summed E-state index contributed by atoms with van der Waals surface area (Å²) >= 11 is 0. The molecule has 2 aromatic heterocycles. The van der Waals surface area contributed by atoms with Gasteiger partial charge in [0, 0.05) is 12.0 Å². The predicted molar refractivity (Wildman–Crippen MR) is 127 cm³/mol. The summed E-state index contributed by atoms with van der Waals surface area (Å²) in [6.45, 7) is 4.67. The quantitative estimate of drug-likeness (QED) is 0.349. The number of allylic oxidation sites excluding steroid dienone is 1. The summed E-state index contributed by atoms with van der Waals surface area (Å²) in [5, 5.41) is 18.8. The van der Waals surface area contributed by atoms with E-state index in [4.69, 9.17) is 0 Å². The number of ketones is 1. The Kier molecular flexibility index (Phi) is 7.14. The van der Waals surface area contributed by atoms with Crippen molar-refractivity contribution in [2.45, 2.75) is 46.1 Å². The van der Waals surface area contributed by atoms with Crippen molar-refractivity contribution in [3.05, 3.63) is 71.8 Å². The number of aromatic nitrogens is 7. The van der Waals surface area contributed by atoms with Crippen molar-refractivity contribution in [1.29, 1.82) is 0 Å². The van der Waals surface area contributed by atoms with Crippen molar-refractivity contribution < 1.29 is 4.79 Å². The van der Waals surface area contributed by atoms with Gasteiger partial charge in [-0.1, -0.05) is 74.9 Å². The highest BCUT2D eigenvalue weighted by Gasteiger charge is 2.15. The summed E-state index contributed by atoms with van der Waals surface area (Å²) in [7, 11) is 0. The predicted octanol–water partition coefficient (Wildman–Crippen LogP) is 4.97. The van der Waals surface area contributed by atoms with Gasteiger partial charge >= 0.3 is 0 Å². The maximum atomic E-state index is 12.4. The van der Waals surface area contributed by atoms with Crippen molar-refractivity contribution in [1.82, 2.24) is 35.4 Å². The molecule has 8 nitrogen and oxygen atoms in total. The molecule has 0 aliphatic rings. The van der Waals surface area contributed by atoms with Crippen LogP contribution in [0.15, 0.2) is 54.6 Å². The van der Waals surface area contributed by atoms with Crippen molar-refractivity contribution in [3.8, 4) is 22.5 Å². The van der Waals surface area contributed by atoms with E-state index >= 15 is 0 Å². The number of H-pyrrole nitrogens is 1. The minimum absolute atomic E-state index is 0.00407. The van der Waals surface area contributed by atoms with E-state index < -0.39 is 0 Å². The second-order valence-corrected chi connectivity index (χ2v) is 7.78. The molecule has 4 aromatic rings. The van der Waals surface area contributed by atoms with E-state index in [9.17, 15) is 4.79 Å². The average molecular weight is 442 g/mol. The molecule has 0 spiro atoms. The van der Waals surface area contributed by atoms with Gasteiger partial charge in [0.05, 0.1) is 6.54 Å². The minimum Gasteiger partial charge on any atom is -0.291 e. The van der Waals surface area contributed by atoms with Gasteiger partial charge in [0.2, 0.25) is 11.6 Å². The van der Waals surface area contributed by atoms with Gasteiger partial charge < -0.3 is 0 Å². The van der Waals surface area contributed by atoms with Crippen LogP contribution in [-0.4, -0.2) is 41.2 Å². The third-order valence-electron chi connectivity index (χ3n) is 5.33. The van der Waals surface area contributed by atoms with E-state index in [-0.39, 0.29) is 5.78 Å². The molecule has 0 unspecified atom stereocenters. The van der Waals surface area contributed by atoms with Crippen LogP contribution in [0, 0.1) is 0 Å². The van der Waals surface area contributed by atoms with Crippen LogP contribution >= 0.6 is 0 Å². The van der Waals surface area contributed by atoms with Crippen LogP contribution in [0.25, 0.3) is 28.6 Å². The van der Waals surface area contributed by atoms with Gasteiger partial charge in [-0.15, -0.1) is 10.2 Å². The Balaban J connectivity index is 1.58. The lowest BCUT2D eigenvalue weighted by Gasteiger charge is -2.09. The van der Waals surface area contributed by atoms with Crippen molar-refractivity contribution in [2.24, 2.45) is 0 Å². The largest absolute Gasteiger partial charge is 0.291 e. The fraction of sp³-hybridized carbons (Fsp3) is 0.280. The van der Waals surface area contributed by atoms with Gasteiger partial charge in [-0.2, -0.15) is 0 Å². The molecule has 0 amide bonds. The minimum atomic E-state index is -0.00407. The average Bonchev–Trinajstić information content (AvgIpc) is 3.52. The standard InChI is InChI=1S/C25H27N7O/c1-3-5-11-22(33)25-26-23(12-6-4-2)32(29-25)17-18-13-15-19(16-14-18)20-9-7-8-10-21(20)24-27-30-31-28-24/h6-10,12-16H,3-5,11,17H2,1-2H3,(H,27,28,30,31). The number of aromatic amines is 1. The summed E-state index contributed by atoms with van der Waals surface area (Å²) < 4.78 is 1.80. The van der Waals surface area contributed by atoms with E-state index in [1.165, 1.54) is 0 Å². The molecule has 2 aromatic carbocycles. The van der Waals surface area contributed by atoms with Crippen LogP contribution in [0.1, 0.15) is 61.5 Å². The molecule has 168 valence electrons. The second-order valence-electron chi connectivity index (χ2n) is 7.78. The molecule has 2 heterocycles. The third kappa shape index (κ3) is 5.28. The van der Waals surface area contributed by atoms with Crippen LogP contribution in [0.3, 0.4) is 0 Å². The molecular weight excluding hydrogens is 414 g/mol. The zero-order chi connectivity index (χ0) is 23.0. The zero-order valence-corrected chi connectivity index (χ0v) is 18.9. The number of benzene rings is 2. The van der Waals surface area contributed by atoms with Crippen LogP contribution in [-0.2, 0) is 6.54 Å². The summed E-state index contributed by atoms with van der Waals surface area (Å²) in [6, 6.07) is 16.3. The van der Waals surface area contributed by atoms with E-state index in [0.29, 0.717) is 30.4 Å². The van der Waals surface area contributed by atoms with Crippen LogP contribution < -0.4 is 0 Å². The number of carbonyl (C=O) groups excluding carboxylic acids is 1. The first-order valence-electron chi connectivity index (χ1n) is 11.3. The second kappa shape index (κ2) is 10.6. The molecule has 33 heavy (non-hydrogen) atoms. The first-order chi connectivity index (χ1) is 16.2. The molecule has 0 aliphatic heterocycles. The molecule has 0 atom stereocenters. The number of nitrogens with zero attached hydrogens (tertiary/aromatic N) is 6. The highest BCUT2D eigenvalue weighted by molar-refractivity contribution is 5.92. The summed E-state index contributed by atoms with van der Waals surface area (Å²) in [5.41, 5.74) is 4.11. The van der Waals surface area contributed by atoms with Crippen molar-refractivity contribution in [2.75, 3.05) is 0 Å². The molecule has 0 saturated heterocycles. The molecule has 8 heteroatoms. The maximum Gasteiger partial charge on any atom is 0.217 e. The first kappa shape index (κ1) is 22.3. The van der Waals surface area contributed by atoms with Gasteiger partial charge in [0.25, 0.3) is 0 Å². The molecule has 0 saturated carbocycles. The summed E-state index contributed by atoms with van der Waals surface area (Å²) in [6.07, 6.45) is 7.14. The van der Waals surface area contributed by atoms with E-state index in [0.717, 1.165) is 41.5 Å². The van der Waals surface area contributed by atoms with E-state index in [2.05, 4.69) is 68.8 Å². The summed E-state index contributed by atoms with van der Waals surface area (Å²) in [5.74, 6) is 1.62. The number of hydrogen-bond acceptors (Lipinski definition) is 6. The molecule has 0 fully saturated rings. The summed E-state index contributed by atoms with van der Waals surface area (Å²) in [4.78, 5) is 16.9. The van der Waals surface area contributed by atoms with Crippen molar-refractivity contribution in [3.63, 3.8) is 0 Å². The molecule has 0 bridgehead atoms. The number of unbranched alkanes of at least 4 members (excludes halogenated alkanes) is 1. The van der Waals surface area contributed by atoms with E-state index in [1.54, 1.807) is 4.68 Å². The Morgan fingerprint density at radius 3 is 2.55 bits per heavy atom. The number of Topliss-reactive ketones (excluding diaryl/α,β-unsaturated/α-hetero) is 1. The fourth-order valence-corrected chi connectivity index (χ4v) is 3.56. The first-order valence-corrected chi connectivity index (χ1v) is 11.3. The highest BCUT2D eigenvalue weighted by Crippen LogP contribution is 2.29. The molecule has 0 radical (unpaired) electrons. The normalized spacial score (nSPS) is 11.3. The van der Waals surface area contributed by atoms with Crippen LogP contribution in [0.4, 0.5) is 0 Å². The van der Waals surface area contributed by atoms with Crippen LogP contribution in [0.2, 0.25) is 0 Å². The number of hydrogen-bond donors (Lipinski definition) is 1. The molecule has 4 rings (SSSR count). The number of tetrazole rings is 1. The Bertz CT molecular complexity index is 1220. The van der Waals surface area contributed by atoms with Crippen LogP contribution in [0.5, 0.6) is 0 Å². The lowest BCUT2D eigenvalue weighted by molar-refractivity contribution is 0.0969. The monoisotopic (exact) mass is 441 g/mol. The fourth-order valence-electron chi connectivity index (χ4n) is 3.56. The molecule has 0 aliphatic carbocycles. The number of nitrogens with one attached hydrogen (secondary N) is 1. The van der Waals surface area contributed by atoms with Gasteiger partial charge in [0.1, 0.15) is 0 Å². The SMILES string of the molecule is CCC=Cc1nc(C(=O)CCCC)nn1Cc1ccc(-c2ccccc2-c2nnn[nH]2)cc1. The lowest BCUT2D eigenvalue weighted by atomic mass is 9.98. The van der Waals surface area contributed by atoms with Gasteiger partial charge in [-0.3, -0.25) is 4.79 Å². The van der Waals surface area contributed by atoms with Gasteiger partial charge in [0.15, 0.2) is 11.6 Å². The number of rotatable bonds is 10. The lowest BCUT2D eigenvalue weighted by Crippen LogP contribution is -2.06.